The van der Waals surface area contributed by atoms with Crippen LogP contribution in [0.1, 0.15) is 21.5 Å². The number of carbonyl (C=O) groups excluding carboxylic acids is 1. The van der Waals surface area contributed by atoms with Gasteiger partial charge in [-0.05, 0) is 17.7 Å². The van der Waals surface area contributed by atoms with Crippen LogP contribution in [-0.4, -0.2) is 22.9 Å². The van der Waals surface area contributed by atoms with Crippen LogP contribution in [0.5, 0.6) is 0 Å². The van der Waals surface area contributed by atoms with Crippen LogP contribution in [0, 0.1) is 10.1 Å². The van der Waals surface area contributed by atoms with Gasteiger partial charge < -0.3 is 5.11 Å². The van der Waals surface area contributed by atoms with Crippen molar-refractivity contribution in [2.45, 2.75) is 10.6 Å². The summed E-state index contributed by atoms with van der Waals surface area (Å²) in [5, 5.41) is 18.3. The van der Waals surface area contributed by atoms with Gasteiger partial charge in [0.25, 0.3) is 5.69 Å². The minimum atomic E-state index is -0.413. The Morgan fingerprint density at radius 2 is 1.52 bits per heavy atom. The summed E-state index contributed by atoms with van der Waals surface area (Å²) in [6.45, 7) is 0. The maximum absolute atomic E-state index is 12.6. The molecule has 138 valence electrons. The van der Waals surface area contributed by atoms with Crippen molar-refractivity contribution >= 4 is 23.2 Å². The Hall–Kier alpha value is -2.96. The third-order valence-electron chi connectivity index (χ3n) is 3.69. The highest BCUT2D eigenvalue weighted by Crippen LogP contribution is 2.33. The lowest BCUT2D eigenvalue weighted by molar-refractivity contribution is -0.387. The van der Waals surface area contributed by atoms with E-state index in [1.165, 1.54) is 23.9 Å². The first-order valence-electron chi connectivity index (χ1n) is 8.15. The second-order valence-electron chi connectivity index (χ2n) is 5.41. The lowest BCUT2D eigenvalue weighted by atomic mass is 10.0. The normalized spacial score (nSPS) is 9.85. The first-order chi connectivity index (χ1) is 13.1. The molecular formula is C21H19NO4S. The van der Waals surface area contributed by atoms with Crippen LogP contribution >= 0.6 is 11.8 Å². The fraction of sp³-hybridized carbons (Fsp3) is 0.0952. The first-order valence-corrected chi connectivity index (χ1v) is 9.13. The summed E-state index contributed by atoms with van der Waals surface area (Å²) >= 11 is 1.36. The monoisotopic (exact) mass is 381 g/mol. The maximum atomic E-state index is 12.6. The van der Waals surface area contributed by atoms with Gasteiger partial charge in [0.05, 0.1) is 9.82 Å². The number of hydrogen-bond acceptors (Lipinski definition) is 5. The van der Waals surface area contributed by atoms with Gasteiger partial charge in [-0.25, -0.2) is 0 Å². The zero-order chi connectivity index (χ0) is 19.6. The number of aliphatic hydroxyl groups excluding tert-OH is 1. The van der Waals surface area contributed by atoms with Crippen molar-refractivity contribution in [1.29, 1.82) is 0 Å². The maximum Gasteiger partial charge on any atom is 0.282 e. The van der Waals surface area contributed by atoms with Gasteiger partial charge in [0.2, 0.25) is 0 Å². The number of nitro groups is 1. The molecule has 0 aliphatic rings. The molecule has 0 aromatic heterocycles. The second-order valence-corrected chi connectivity index (χ2v) is 6.43. The van der Waals surface area contributed by atoms with Gasteiger partial charge in [-0.15, -0.1) is 11.8 Å². The molecule has 0 unspecified atom stereocenters. The lowest BCUT2D eigenvalue weighted by Gasteiger charge is -2.07. The average molecular weight is 381 g/mol. The summed E-state index contributed by atoms with van der Waals surface area (Å²) in [7, 11) is 1.00. The Labute approximate surface area is 161 Å². The van der Waals surface area contributed by atoms with Crippen LogP contribution in [0.4, 0.5) is 5.69 Å². The van der Waals surface area contributed by atoms with E-state index in [1.54, 1.807) is 30.3 Å². The Kier molecular flexibility index (Phi) is 7.73. The van der Waals surface area contributed by atoms with Crippen molar-refractivity contribution in [1.82, 2.24) is 0 Å². The molecule has 3 aromatic rings. The highest BCUT2D eigenvalue weighted by molar-refractivity contribution is 7.98. The number of hydrogen-bond donors (Lipinski definition) is 1. The Morgan fingerprint density at radius 3 is 2.11 bits per heavy atom. The van der Waals surface area contributed by atoms with Gasteiger partial charge in [-0.2, -0.15) is 0 Å². The van der Waals surface area contributed by atoms with Crippen LogP contribution in [0.15, 0.2) is 83.8 Å². The molecule has 6 heteroatoms. The summed E-state index contributed by atoms with van der Waals surface area (Å²) in [5.74, 6) is 0.460. The fourth-order valence-electron chi connectivity index (χ4n) is 2.41. The van der Waals surface area contributed by atoms with E-state index in [9.17, 15) is 14.9 Å². The summed E-state index contributed by atoms with van der Waals surface area (Å²) in [5.41, 5.74) is 2.11. The van der Waals surface area contributed by atoms with E-state index in [0.717, 1.165) is 12.7 Å². The fourth-order valence-corrected chi connectivity index (χ4v) is 3.43. The molecule has 0 amide bonds. The van der Waals surface area contributed by atoms with Gasteiger partial charge in [-0.1, -0.05) is 60.7 Å². The first kappa shape index (κ1) is 20.4. The SMILES string of the molecule is CO.O=C(c1ccccc1)c1ccc([N+](=O)[O-])c(SCc2ccccc2)c1. The molecule has 0 bridgehead atoms. The van der Waals surface area contributed by atoms with Gasteiger partial charge in [0.1, 0.15) is 0 Å². The quantitative estimate of drug-likeness (QED) is 0.289. The minimum absolute atomic E-state index is 0.0190. The summed E-state index contributed by atoms with van der Waals surface area (Å²) in [6, 6.07) is 23.2. The number of nitrogens with zero attached hydrogens (tertiary/aromatic N) is 1. The van der Waals surface area contributed by atoms with Gasteiger partial charge in [0, 0.05) is 30.1 Å². The molecule has 27 heavy (non-hydrogen) atoms. The third-order valence-corrected chi connectivity index (χ3v) is 4.81. The number of nitro benzene ring substituents is 1. The van der Waals surface area contributed by atoms with Crippen molar-refractivity contribution < 1.29 is 14.8 Å². The molecule has 3 rings (SSSR count). The number of benzene rings is 3. The number of aliphatic hydroxyl groups is 1. The molecule has 0 spiro atoms. The van der Waals surface area contributed by atoms with E-state index in [0.29, 0.717) is 21.8 Å². The summed E-state index contributed by atoms with van der Waals surface area (Å²) < 4.78 is 0. The number of thioether (sulfide) groups is 1. The highest BCUT2D eigenvalue weighted by atomic mass is 32.2. The van der Waals surface area contributed by atoms with E-state index >= 15 is 0 Å². The largest absolute Gasteiger partial charge is 0.400 e. The van der Waals surface area contributed by atoms with E-state index in [4.69, 9.17) is 5.11 Å². The van der Waals surface area contributed by atoms with Crippen LogP contribution < -0.4 is 0 Å². The highest BCUT2D eigenvalue weighted by Gasteiger charge is 2.18. The van der Waals surface area contributed by atoms with Gasteiger partial charge >= 0.3 is 0 Å². The predicted molar refractivity (Wildman–Crippen MR) is 107 cm³/mol. The van der Waals surface area contributed by atoms with E-state index < -0.39 is 4.92 Å². The molecule has 3 aromatic carbocycles. The zero-order valence-corrected chi connectivity index (χ0v) is 15.6. The third kappa shape index (κ3) is 5.51. The van der Waals surface area contributed by atoms with Crippen LogP contribution in [0.2, 0.25) is 0 Å². The molecule has 0 aliphatic carbocycles. The Balaban J connectivity index is 0.00000126. The van der Waals surface area contributed by atoms with Crippen molar-refractivity contribution in [2.75, 3.05) is 7.11 Å². The number of ketones is 1. The van der Waals surface area contributed by atoms with Crippen molar-refractivity contribution in [3.8, 4) is 0 Å². The molecule has 0 radical (unpaired) electrons. The van der Waals surface area contributed by atoms with Crippen LogP contribution in [-0.2, 0) is 5.75 Å². The molecule has 0 aliphatic heterocycles. The predicted octanol–water partition coefficient (Wildman–Crippen LogP) is 4.73. The summed E-state index contributed by atoms with van der Waals surface area (Å²) in [4.78, 5) is 23.9. The Morgan fingerprint density at radius 1 is 0.926 bits per heavy atom. The minimum Gasteiger partial charge on any atom is -0.400 e. The van der Waals surface area contributed by atoms with Crippen molar-refractivity contribution in [3.05, 3.63) is 106 Å². The van der Waals surface area contributed by atoms with Crippen molar-refractivity contribution in [2.24, 2.45) is 0 Å². The lowest BCUT2D eigenvalue weighted by Crippen LogP contribution is -2.02. The number of rotatable bonds is 6. The molecular weight excluding hydrogens is 362 g/mol. The smallest absolute Gasteiger partial charge is 0.282 e. The van der Waals surface area contributed by atoms with Crippen LogP contribution in [0.25, 0.3) is 0 Å². The molecule has 0 saturated heterocycles. The average Bonchev–Trinajstić information content (AvgIpc) is 2.74. The zero-order valence-electron chi connectivity index (χ0n) is 14.7. The molecule has 0 saturated carbocycles. The standard InChI is InChI=1S/C20H15NO3S.CH4O/c22-20(16-9-5-2-6-10-16)17-11-12-18(21(23)24)19(13-17)25-14-15-7-3-1-4-8-15;1-2/h1-13H,14H2;2H,1H3. The van der Waals surface area contributed by atoms with Gasteiger partial charge in [-0.3, -0.25) is 14.9 Å². The topological polar surface area (TPSA) is 80.4 Å². The van der Waals surface area contributed by atoms with Crippen LogP contribution in [0.3, 0.4) is 0 Å². The van der Waals surface area contributed by atoms with E-state index in [2.05, 4.69) is 0 Å². The van der Waals surface area contributed by atoms with E-state index in [1.807, 2.05) is 36.4 Å². The Bertz CT molecular complexity index is 899. The number of carbonyl (C=O) groups is 1. The van der Waals surface area contributed by atoms with Gasteiger partial charge in [0.15, 0.2) is 5.78 Å². The molecule has 5 nitrogen and oxygen atoms in total. The van der Waals surface area contributed by atoms with Crippen molar-refractivity contribution in [3.63, 3.8) is 0 Å². The molecule has 1 N–H and O–H groups in total. The summed E-state index contributed by atoms with van der Waals surface area (Å²) in [6.07, 6.45) is 0. The molecule has 0 fully saturated rings. The molecule has 0 atom stereocenters. The van der Waals surface area contributed by atoms with E-state index in [-0.39, 0.29) is 11.5 Å². The molecule has 0 heterocycles. The second kappa shape index (κ2) is 10.3.